The number of amides is 1. The molecule has 2 aromatic heterocycles. The zero-order chi connectivity index (χ0) is 17.8. The Bertz CT molecular complexity index is 967. The van der Waals surface area contributed by atoms with E-state index < -0.39 is 5.69 Å². The van der Waals surface area contributed by atoms with Gasteiger partial charge in [-0.1, -0.05) is 30.8 Å². The third-order valence-electron chi connectivity index (χ3n) is 3.68. The van der Waals surface area contributed by atoms with Crippen LogP contribution in [-0.4, -0.2) is 26.0 Å². The van der Waals surface area contributed by atoms with Crippen molar-refractivity contribution in [1.82, 2.24) is 14.4 Å². The van der Waals surface area contributed by atoms with E-state index in [9.17, 15) is 9.59 Å². The van der Waals surface area contributed by atoms with E-state index in [0.29, 0.717) is 10.8 Å². The minimum absolute atomic E-state index is 0.136. The number of aromatic nitrogens is 3. The molecule has 0 radical (unpaired) electrons. The predicted molar refractivity (Wildman–Crippen MR) is 99.2 cm³/mol. The predicted octanol–water partition coefficient (Wildman–Crippen LogP) is 2.69. The van der Waals surface area contributed by atoms with Gasteiger partial charge in [0.2, 0.25) is 5.91 Å². The number of hydrogen-bond donors (Lipinski definition) is 1. The number of hydrogen-bond acceptors (Lipinski definition) is 5. The van der Waals surface area contributed by atoms with Crippen molar-refractivity contribution in [2.75, 3.05) is 11.1 Å². The molecule has 0 atom stereocenters. The molecule has 1 aromatic carbocycles. The van der Waals surface area contributed by atoms with Gasteiger partial charge in [0.1, 0.15) is 5.65 Å². The summed E-state index contributed by atoms with van der Waals surface area (Å²) >= 11 is 1.14. The Morgan fingerprint density at radius 3 is 2.68 bits per heavy atom. The summed E-state index contributed by atoms with van der Waals surface area (Å²) < 4.78 is 1.38. The highest BCUT2D eigenvalue weighted by Gasteiger charge is 2.08. The van der Waals surface area contributed by atoms with E-state index in [1.54, 1.807) is 6.20 Å². The quantitative estimate of drug-likeness (QED) is 0.713. The maximum atomic E-state index is 12.1. The van der Waals surface area contributed by atoms with Crippen molar-refractivity contribution in [3.63, 3.8) is 0 Å². The summed E-state index contributed by atoms with van der Waals surface area (Å²) in [5, 5.41) is 3.12. The Morgan fingerprint density at radius 2 is 1.96 bits per heavy atom. The normalized spacial score (nSPS) is 10.8. The number of carbonyl (C=O) groups excluding carboxylic acids is 1. The van der Waals surface area contributed by atoms with Gasteiger partial charge in [0.25, 0.3) is 0 Å². The van der Waals surface area contributed by atoms with E-state index in [-0.39, 0.29) is 11.7 Å². The minimum Gasteiger partial charge on any atom is -0.325 e. The Balaban J connectivity index is 1.67. The van der Waals surface area contributed by atoms with Crippen LogP contribution in [0.2, 0.25) is 0 Å². The fraction of sp³-hybridized carbons (Fsp3) is 0.222. The van der Waals surface area contributed by atoms with Gasteiger partial charge in [-0.05, 0) is 48.7 Å². The molecule has 0 saturated carbocycles. The summed E-state index contributed by atoms with van der Waals surface area (Å²) in [5.74, 6) is -0.0287. The number of thioether (sulfide) groups is 1. The van der Waals surface area contributed by atoms with Crippen molar-refractivity contribution in [1.29, 1.82) is 0 Å². The first-order valence-corrected chi connectivity index (χ1v) is 8.92. The molecule has 0 fully saturated rings. The molecule has 128 valence electrons. The van der Waals surface area contributed by atoms with Crippen molar-refractivity contribution in [3.8, 4) is 0 Å². The molecule has 0 spiro atoms. The van der Waals surface area contributed by atoms with E-state index in [4.69, 9.17) is 0 Å². The molecule has 3 aromatic rings. The third-order valence-corrected chi connectivity index (χ3v) is 4.52. The molecule has 3 rings (SSSR count). The molecule has 0 aliphatic carbocycles. The Kier molecular flexibility index (Phi) is 5.14. The summed E-state index contributed by atoms with van der Waals surface area (Å²) in [6.45, 7) is 4.01. The van der Waals surface area contributed by atoms with E-state index in [0.717, 1.165) is 29.4 Å². The lowest BCUT2D eigenvalue weighted by Gasteiger charge is -2.06. The van der Waals surface area contributed by atoms with Gasteiger partial charge >= 0.3 is 5.69 Å². The fourth-order valence-electron chi connectivity index (χ4n) is 2.31. The number of pyridine rings is 1. The number of nitrogens with zero attached hydrogens (tertiary/aromatic N) is 3. The van der Waals surface area contributed by atoms with Crippen LogP contribution in [0.25, 0.3) is 5.65 Å². The highest BCUT2D eigenvalue weighted by Crippen LogP contribution is 2.14. The van der Waals surface area contributed by atoms with Gasteiger partial charge in [-0.2, -0.15) is 4.98 Å². The van der Waals surface area contributed by atoms with Crippen LogP contribution >= 0.6 is 11.8 Å². The molecular formula is C18H18N4O2S. The van der Waals surface area contributed by atoms with E-state index in [2.05, 4.69) is 22.2 Å². The number of nitrogens with one attached hydrogen (secondary N) is 1. The van der Waals surface area contributed by atoms with Crippen molar-refractivity contribution in [2.24, 2.45) is 0 Å². The summed E-state index contributed by atoms with van der Waals surface area (Å²) in [4.78, 5) is 32.3. The molecule has 1 N–H and O–H groups in total. The number of fused-ring (bicyclic) bond motifs is 1. The Labute approximate surface area is 149 Å². The van der Waals surface area contributed by atoms with Gasteiger partial charge < -0.3 is 5.32 Å². The SMILES string of the molecule is CCc1ccc(NC(=O)CSc2nc(=O)n3ccc(C)cc3n2)cc1. The van der Waals surface area contributed by atoms with Crippen LogP contribution in [0, 0.1) is 6.92 Å². The van der Waals surface area contributed by atoms with Crippen molar-refractivity contribution in [3.05, 3.63) is 64.2 Å². The van der Waals surface area contributed by atoms with Crippen LogP contribution in [0.15, 0.2) is 52.5 Å². The molecule has 0 aliphatic rings. The molecule has 25 heavy (non-hydrogen) atoms. The molecule has 0 aliphatic heterocycles. The maximum absolute atomic E-state index is 12.1. The van der Waals surface area contributed by atoms with Gasteiger partial charge in [-0.25, -0.2) is 9.78 Å². The highest BCUT2D eigenvalue weighted by molar-refractivity contribution is 7.99. The van der Waals surface area contributed by atoms with Gasteiger partial charge in [-0.3, -0.25) is 9.20 Å². The van der Waals surface area contributed by atoms with Gasteiger partial charge in [0.15, 0.2) is 5.16 Å². The standard InChI is InChI=1S/C18H18N4O2S/c1-3-13-4-6-14(7-5-13)19-16(23)11-25-17-20-15-10-12(2)8-9-22(15)18(24)21-17/h4-10H,3,11H2,1-2H3,(H,19,23). The number of aryl methyl sites for hydroxylation is 2. The average Bonchev–Trinajstić information content (AvgIpc) is 2.60. The van der Waals surface area contributed by atoms with Crippen LogP contribution in [0.1, 0.15) is 18.1 Å². The largest absolute Gasteiger partial charge is 0.355 e. The molecule has 0 unspecified atom stereocenters. The Morgan fingerprint density at radius 1 is 1.20 bits per heavy atom. The first-order chi connectivity index (χ1) is 12.0. The second-order valence-corrected chi connectivity index (χ2v) is 6.55. The molecular weight excluding hydrogens is 336 g/mol. The number of carbonyl (C=O) groups is 1. The molecule has 0 bridgehead atoms. The summed E-state index contributed by atoms with van der Waals surface area (Å²) in [5.41, 5.74) is 3.09. The molecule has 7 heteroatoms. The first kappa shape index (κ1) is 17.2. The summed E-state index contributed by atoms with van der Waals surface area (Å²) in [7, 11) is 0. The molecule has 0 saturated heterocycles. The second kappa shape index (κ2) is 7.48. The van der Waals surface area contributed by atoms with Gasteiger partial charge in [0, 0.05) is 11.9 Å². The van der Waals surface area contributed by atoms with Crippen molar-refractivity contribution in [2.45, 2.75) is 25.4 Å². The fourth-order valence-corrected chi connectivity index (χ4v) is 2.94. The number of benzene rings is 1. The van der Waals surface area contributed by atoms with Crippen molar-refractivity contribution >= 4 is 29.0 Å². The minimum atomic E-state index is -0.400. The van der Waals surface area contributed by atoms with Crippen LogP contribution < -0.4 is 11.0 Å². The third kappa shape index (κ3) is 4.24. The average molecular weight is 354 g/mol. The van der Waals surface area contributed by atoms with E-state index >= 15 is 0 Å². The monoisotopic (exact) mass is 354 g/mol. The summed E-state index contributed by atoms with van der Waals surface area (Å²) in [6.07, 6.45) is 2.60. The van der Waals surface area contributed by atoms with E-state index in [1.807, 2.05) is 43.3 Å². The summed E-state index contributed by atoms with van der Waals surface area (Å²) in [6, 6.07) is 11.4. The van der Waals surface area contributed by atoms with Gasteiger partial charge in [-0.15, -0.1) is 0 Å². The van der Waals surface area contributed by atoms with Gasteiger partial charge in [0.05, 0.1) is 5.75 Å². The highest BCUT2D eigenvalue weighted by atomic mass is 32.2. The maximum Gasteiger partial charge on any atom is 0.355 e. The lowest BCUT2D eigenvalue weighted by atomic mass is 10.1. The smallest absolute Gasteiger partial charge is 0.325 e. The van der Waals surface area contributed by atoms with Crippen LogP contribution in [0.5, 0.6) is 0 Å². The Hall–Kier alpha value is -2.67. The molecule has 6 nitrogen and oxygen atoms in total. The topological polar surface area (TPSA) is 76.4 Å². The zero-order valence-electron chi connectivity index (χ0n) is 14.0. The number of anilines is 1. The molecule has 2 heterocycles. The second-order valence-electron chi connectivity index (χ2n) is 5.61. The zero-order valence-corrected chi connectivity index (χ0v) is 14.8. The van der Waals surface area contributed by atoms with Crippen LogP contribution in [0.4, 0.5) is 5.69 Å². The lowest BCUT2D eigenvalue weighted by molar-refractivity contribution is -0.113. The van der Waals surface area contributed by atoms with E-state index in [1.165, 1.54) is 9.96 Å². The molecule has 1 amide bonds. The van der Waals surface area contributed by atoms with Crippen LogP contribution in [0.3, 0.4) is 0 Å². The first-order valence-electron chi connectivity index (χ1n) is 7.94. The van der Waals surface area contributed by atoms with Crippen molar-refractivity contribution < 1.29 is 4.79 Å². The van der Waals surface area contributed by atoms with Crippen LogP contribution in [-0.2, 0) is 11.2 Å². The number of rotatable bonds is 5. The lowest BCUT2D eigenvalue weighted by Crippen LogP contribution is -2.20.